The molecule has 27 heavy (non-hydrogen) atoms. The molecule has 0 saturated heterocycles. The molecule has 0 unspecified atom stereocenters. The average Bonchev–Trinajstić information content (AvgIpc) is 3.09. The second-order valence-electron chi connectivity index (χ2n) is 5.73. The predicted molar refractivity (Wildman–Crippen MR) is 106 cm³/mol. The summed E-state index contributed by atoms with van der Waals surface area (Å²) in [5.41, 5.74) is 1.03. The van der Waals surface area contributed by atoms with E-state index in [0.717, 1.165) is 10.6 Å². The summed E-state index contributed by atoms with van der Waals surface area (Å²) < 4.78 is 24.4. The lowest BCUT2D eigenvalue weighted by Crippen LogP contribution is -2.17. The highest BCUT2D eigenvalue weighted by molar-refractivity contribution is 7.91. The molecule has 0 aliphatic carbocycles. The van der Waals surface area contributed by atoms with Gasteiger partial charge in [-0.2, -0.15) is 0 Å². The standard InChI is InChI=1S/C18H16ClN3O3S2/c19-14-8-6-13(7-9-14)12-17-21-22-18(26-17)20-16(23)10-11-27(24,25)15-4-2-1-3-5-15/h1-9H,10-12H2,(H,20,22,23). The van der Waals surface area contributed by atoms with Crippen LogP contribution in [0.5, 0.6) is 0 Å². The number of nitrogens with zero attached hydrogens (tertiary/aromatic N) is 2. The van der Waals surface area contributed by atoms with E-state index in [1.807, 2.05) is 12.1 Å². The topological polar surface area (TPSA) is 89.0 Å². The summed E-state index contributed by atoms with van der Waals surface area (Å²) in [5.74, 6) is -0.678. The number of rotatable bonds is 7. The van der Waals surface area contributed by atoms with Crippen LogP contribution in [0.2, 0.25) is 5.02 Å². The highest BCUT2D eigenvalue weighted by Gasteiger charge is 2.17. The van der Waals surface area contributed by atoms with Gasteiger partial charge in [0.05, 0.1) is 10.6 Å². The largest absolute Gasteiger partial charge is 0.301 e. The van der Waals surface area contributed by atoms with E-state index >= 15 is 0 Å². The van der Waals surface area contributed by atoms with Crippen molar-refractivity contribution in [1.29, 1.82) is 0 Å². The van der Waals surface area contributed by atoms with Crippen molar-refractivity contribution < 1.29 is 13.2 Å². The molecule has 3 aromatic rings. The zero-order valence-electron chi connectivity index (χ0n) is 14.1. The Balaban J connectivity index is 1.54. The average molecular weight is 422 g/mol. The molecule has 0 saturated carbocycles. The van der Waals surface area contributed by atoms with Gasteiger partial charge in [-0.25, -0.2) is 8.42 Å². The van der Waals surface area contributed by atoms with Crippen molar-refractivity contribution >= 4 is 43.8 Å². The monoisotopic (exact) mass is 421 g/mol. The quantitative estimate of drug-likeness (QED) is 0.629. The summed E-state index contributed by atoms with van der Waals surface area (Å²) in [6, 6.07) is 15.5. The van der Waals surface area contributed by atoms with E-state index < -0.39 is 15.7 Å². The summed E-state index contributed by atoms with van der Waals surface area (Å²) in [5, 5.41) is 12.3. The molecule has 0 aliphatic heterocycles. The third kappa shape index (κ3) is 5.59. The highest BCUT2D eigenvalue weighted by Crippen LogP contribution is 2.20. The minimum absolute atomic E-state index is 0.149. The normalized spacial score (nSPS) is 11.3. The lowest BCUT2D eigenvalue weighted by Gasteiger charge is -2.04. The molecular weight excluding hydrogens is 406 g/mol. The van der Waals surface area contributed by atoms with Crippen LogP contribution in [0.3, 0.4) is 0 Å². The first-order chi connectivity index (χ1) is 12.9. The third-order valence-corrected chi connectivity index (χ3v) is 6.50. The van der Waals surface area contributed by atoms with Crippen molar-refractivity contribution in [3.05, 3.63) is 70.2 Å². The molecule has 2 aromatic carbocycles. The highest BCUT2D eigenvalue weighted by atomic mass is 35.5. The fraction of sp³-hybridized carbons (Fsp3) is 0.167. The Kier molecular flexibility index (Phi) is 6.20. The number of nitrogens with one attached hydrogen (secondary N) is 1. The smallest absolute Gasteiger partial charge is 0.227 e. The second-order valence-corrected chi connectivity index (χ2v) is 9.34. The summed E-state index contributed by atoms with van der Waals surface area (Å²) in [6.45, 7) is 0. The SMILES string of the molecule is O=C(CCS(=O)(=O)c1ccccc1)Nc1nnc(Cc2ccc(Cl)cc2)s1. The van der Waals surface area contributed by atoms with Crippen molar-refractivity contribution in [1.82, 2.24) is 10.2 Å². The van der Waals surface area contributed by atoms with Crippen LogP contribution in [0.1, 0.15) is 17.0 Å². The van der Waals surface area contributed by atoms with Gasteiger partial charge in [0.25, 0.3) is 0 Å². The van der Waals surface area contributed by atoms with Gasteiger partial charge in [-0.15, -0.1) is 10.2 Å². The number of carbonyl (C=O) groups excluding carboxylic acids is 1. The number of carbonyl (C=O) groups is 1. The zero-order valence-corrected chi connectivity index (χ0v) is 16.5. The van der Waals surface area contributed by atoms with Gasteiger partial charge in [-0.1, -0.05) is 53.3 Å². The van der Waals surface area contributed by atoms with Gasteiger partial charge in [0, 0.05) is 17.9 Å². The number of hydrogen-bond donors (Lipinski definition) is 1. The summed E-state index contributed by atoms with van der Waals surface area (Å²) in [7, 11) is -3.49. The van der Waals surface area contributed by atoms with E-state index in [-0.39, 0.29) is 17.1 Å². The number of anilines is 1. The van der Waals surface area contributed by atoms with E-state index in [0.29, 0.717) is 16.6 Å². The van der Waals surface area contributed by atoms with E-state index in [1.165, 1.54) is 23.5 Å². The van der Waals surface area contributed by atoms with Crippen LogP contribution in [-0.2, 0) is 21.1 Å². The van der Waals surface area contributed by atoms with Gasteiger partial charge in [0.2, 0.25) is 11.0 Å². The van der Waals surface area contributed by atoms with E-state index in [9.17, 15) is 13.2 Å². The Morgan fingerprint density at radius 1 is 1.04 bits per heavy atom. The molecule has 0 atom stereocenters. The lowest BCUT2D eigenvalue weighted by atomic mass is 10.2. The Hall–Kier alpha value is -2.29. The number of amides is 1. The van der Waals surface area contributed by atoms with Gasteiger partial charge < -0.3 is 5.32 Å². The van der Waals surface area contributed by atoms with Gasteiger partial charge in [0.1, 0.15) is 5.01 Å². The minimum Gasteiger partial charge on any atom is -0.301 e. The van der Waals surface area contributed by atoms with Gasteiger partial charge in [-0.3, -0.25) is 4.79 Å². The summed E-state index contributed by atoms with van der Waals surface area (Å²) in [6.07, 6.45) is 0.427. The Labute approximate surface area is 166 Å². The maximum Gasteiger partial charge on any atom is 0.227 e. The number of aromatic nitrogens is 2. The molecule has 1 heterocycles. The first-order valence-corrected chi connectivity index (χ1v) is 10.9. The maximum absolute atomic E-state index is 12.2. The molecule has 1 aromatic heterocycles. The predicted octanol–water partition coefficient (Wildman–Crippen LogP) is 3.58. The van der Waals surface area contributed by atoms with E-state index in [1.54, 1.807) is 30.3 Å². The van der Waals surface area contributed by atoms with Crippen molar-refractivity contribution in [3.63, 3.8) is 0 Å². The second kappa shape index (κ2) is 8.60. The van der Waals surface area contributed by atoms with Crippen LogP contribution in [0, 0.1) is 0 Å². The first-order valence-electron chi connectivity index (χ1n) is 8.07. The van der Waals surface area contributed by atoms with Crippen molar-refractivity contribution in [2.75, 3.05) is 11.1 Å². The molecule has 0 aliphatic rings. The summed E-state index contributed by atoms with van der Waals surface area (Å²) in [4.78, 5) is 12.3. The molecule has 0 bridgehead atoms. The fourth-order valence-electron chi connectivity index (χ4n) is 2.31. The molecule has 9 heteroatoms. The minimum atomic E-state index is -3.49. The number of benzene rings is 2. The number of sulfone groups is 1. The van der Waals surface area contributed by atoms with Crippen LogP contribution >= 0.6 is 22.9 Å². The third-order valence-electron chi connectivity index (χ3n) is 3.68. The summed E-state index contributed by atoms with van der Waals surface area (Å²) >= 11 is 7.11. The molecule has 0 fully saturated rings. The van der Waals surface area contributed by atoms with Crippen LogP contribution in [0.25, 0.3) is 0 Å². The van der Waals surface area contributed by atoms with Crippen molar-refractivity contribution in [2.24, 2.45) is 0 Å². The van der Waals surface area contributed by atoms with Gasteiger partial charge in [-0.05, 0) is 29.8 Å². The zero-order chi connectivity index (χ0) is 19.3. The molecule has 6 nitrogen and oxygen atoms in total. The fourth-order valence-corrected chi connectivity index (χ4v) is 4.48. The van der Waals surface area contributed by atoms with Crippen LogP contribution in [0.4, 0.5) is 5.13 Å². The number of hydrogen-bond acceptors (Lipinski definition) is 6. The number of halogens is 1. The molecule has 1 N–H and O–H groups in total. The first kappa shape index (κ1) is 19.5. The van der Waals surface area contributed by atoms with Crippen molar-refractivity contribution in [2.45, 2.75) is 17.7 Å². The maximum atomic E-state index is 12.2. The Morgan fingerprint density at radius 3 is 2.44 bits per heavy atom. The van der Waals surface area contributed by atoms with Gasteiger partial charge in [0.15, 0.2) is 9.84 Å². The van der Waals surface area contributed by atoms with E-state index in [2.05, 4.69) is 15.5 Å². The lowest BCUT2D eigenvalue weighted by molar-refractivity contribution is -0.115. The van der Waals surface area contributed by atoms with Crippen LogP contribution in [-0.4, -0.2) is 30.3 Å². The molecule has 0 radical (unpaired) electrons. The molecule has 0 spiro atoms. The molecular formula is C18H16ClN3O3S2. The Bertz CT molecular complexity index is 1020. The van der Waals surface area contributed by atoms with Gasteiger partial charge >= 0.3 is 0 Å². The molecule has 1 amide bonds. The van der Waals surface area contributed by atoms with Crippen molar-refractivity contribution in [3.8, 4) is 0 Å². The molecule has 140 valence electrons. The van der Waals surface area contributed by atoms with Crippen LogP contribution in [0.15, 0.2) is 59.5 Å². The van der Waals surface area contributed by atoms with E-state index in [4.69, 9.17) is 11.6 Å². The molecule has 3 rings (SSSR count). The van der Waals surface area contributed by atoms with Crippen LogP contribution < -0.4 is 5.32 Å². The Morgan fingerprint density at radius 2 is 1.74 bits per heavy atom.